The zero-order valence-corrected chi connectivity index (χ0v) is 23.3. The molecule has 5 rings (SSSR count). The fraction of sp³-hybridized carbons (Fsp3) is 0.242. The van der Waals surface area contributed by atoms with E-state index in [0.717, 1.165) is 50.2 Å². The van der Waals surface area contributed by atoms with Gasteiger partial charge in [-0.05, 0) is 48.1 Å². The maximum atomic E-state index is 12.1. The van der Waals surface area contributed by atoms with Gasteiger partial charge in [0.25, 0.3) is 0 Å². The van der Waals surface area contributed by atoms with E-state index in [9.17, 15) is 9.90 Å². The first-order valence-electron chi connectivity index (χ1n) is 13.4. The number of anilines is 1. The number of H-pyrrole nitrogens is 1. The van der Waals surface area contributed by atoms with Gasteiger partial charge < -0.3 is 15.7 Å². The van der Waals surface area contributed by atoms with Crippen LogP contribution in [0.3, 0.4) is 0 Å². The molecule has 4 N–H and O–H groups in total. The molecule has 7 nitrogen and oxygen atoms in total. The van der Waals surface area contributed by atoms with Gasteiger partial charge in [-0.25, -0.2) is 4.79 Å². The van der Waals surface area contributed by atoms with Crippen LogP contribution in [0.1, 0.15) is 32.0 Å². The van der Waals surface area contributed by atoms with Gasteiger partial charge in [0, 0.05) is 28.8 Å². The van der Waals surface area contributed by atoms with Crippen LogP contribution in [0.5, 0.6) is 0 Å². The van der Waals surface area contributed by atoms with Crippen LogP contribution in [0, 0.1) is 12.3 Å². The minimum atomic E-state index is -1.05. The third kappa shape index (κ3) is 5.54. The highest BCUT2D eigenvalue weighted by Gasteiger charge is 2.43. The Kier molecular flexibility index (Phi) is 7.30. The maximum Gasteiger partial charge on any atom is 0.405 e. The monoisotopic (exact) mass is 533 g/mol. The fourth-order valence-electron chi connectivity index (χ4n) is 5.18. The van der Waals surface area contributed by atoms with E-state index in [0.29, 0.717) is 13.0 Å². The van der Waals surface area contributed by atoms with Crippen molar-refractivity contribution in [2.75, 3.05) is 11.9 Å². The third-order valence-corrected chi connectivity index (χ3v) is 7.72. The molecule has 0 aliphatic carbocycles. The number of fused-ring (bicyclic) bond motifs is 1. The lowest BCUT2D eigenvalue weighted by Gasteiger charge is -2.45. The third-order valence-electron chi connectivity index (χ3n) is 7.72. The molecule has 0 fully saturated rings. The highest BCUT2D eigenvalue weighted by atomic mass is 16.4. The van der Waals surface area contributed by atoms with Gasteiger partial charge in [0.1, 0.15) is 0 Å². The number of pyridine rings is 1. The Morgan fingerprint density at radius 2 is 1.62 bits per heavy atom. The van der Waals surface area contributed by atoms with E-state index in [1.54, 1.807) is 0 Å². The molecule has 3 aromatic carbocycles. The first-order chi connectivity index (χ1) is 19.1. The molecule has 2 aromatic heterocycles. The Hall–Kier alpha value is -4.65. The lowest BCUT2D eigenvalue weighted by molar-refractivity contribution is 0.126. The summed E-state index contributed by atoms with van der Waals surface area (Å²) in [6.45, 7) is 8.60. The van der Waals surface area contributed by atoms with Crippen molar-refractivity contribution in [1.82, 2.24) is 20.5 Å². The van der Waals surface area contributed by atoms with Crippen LogP contribution in [-0.4, -0.2) is 38.5 Å². The van der Waals surface area contributed by atoms with Crippen molar-refractivity contribution in [3.8, 4) is 22.4 Å². The van der Waals surface area contributed by atoms with Gasteiger partial charge in [0.2, 0.25) is 0 Å². The Labute approximate surface area is 234 Å². The normalized spacial score (nSPS) is 13.1. The van der Waals surface area contributed by atoms with Gasteiger partial charge in [-0.3, -0.25) is 10.1 Å². The summed E-state index contributed by atoms with van der Waals surface area (Å²) in [4.78, 5) is 17.0. The summed E-state index contributed by atoms with van der Waals surface area (Å²) in [5.41, 5.74) is 6.54. The number of carboxylic acid groups (broad SMARTS) is 1. The molecule has 0 spiro atoms. The number of benzene rings is 3. The maximum absolute atomic E-state index is 12.1. The van der Waals surface area contributed by atoms with Crippen LogP contribution in [0.25, 0.3) is 33.3 Å². The van der Waals surface area contributed by atoms with E-state index in [-0.39, 0.29) is 0 Å². The fourth-order valence-corrected chi connectivity index (χ4v) is 5.18. The molecule has 0 radical (unpaired) electrons. The molecule has 1 amide bonds. The van der Waals surface area contributed by atoms with Crippen LogP contribution < -0.4 is 10.6 Å². The molecule has 204 valence electrons. The number of hydrogen-bond donors (Lipinski definition) is 4. The van der Waals surface area contributed by atoms with Crippen LogP contribution in [0.4, 0.5) is 10.5 Å². The van der Waals surface area contributed by atoms with E-state index in [1.807, 2.05) is 67.7 Å². The Morgan fingerprint density at radius 3 is 2.30 bits per heavy atom. The highest BCUT2D eigenvalue weighted by Crippen LogP contribution is 2.37. The molecule has 2 heterocycles. The lowest BCUT2D eigenvalue weighted by atomic mass is 9.70. The van der Waals surface area contributed by atoms with Gasteiger partial charge >= 0.3 is 6.09 Å². The van der Waals surface area contributed by atoms with Crippen molar-refractivity contribution in [3.63, 3.8) is 0 Å². The molecule has 0 bridgehead atoms. The molecule has 0 aliphatic heterocycles. The second-order valence-corrected chi connectivity index (χ2v) is 11.3. The molecule has 7 heteroatoms. The first kappa shape index (κ1) is 26.9. The molecule has 0 aliphatic rings. The Balaban J connectivity index is 1.55. The molecular weight excluding hydrogens is 498 g/mol. The molecule has 5 aromatic rings. The van der Waals surface area contributed by atoms with Crippen molar-refractivity contribution in [1.29, 1.82) is 0 Å². The van der Waals surface area contributed by atoms with Gasteiger partial charge in [-0.2, -0.15) is 5.10 Å². The summed E-state index contributed by atoms with van der Waals surface area (Å²) >= 11 is 0. The number of aromatic amines is 1. The predicted octanol–water partition coefficient (Wildman–Crippen LogP) is 7.31. The largest absolute Gasteiger partial charge is 0.465 e. The number of nitrogens with one attached hydrogen (secondary N) is 3. The van der Waals surface area contributed by atoms with Crippen molar-refractivity contribution >= 4 is 22.7 Å². The average molecular weight is 534 g/mol. The van der Waals surface area contributed by atoms with Crippen molar-refractivity contribution in [3.05, 3.63) is 102 Å². The lowest BCUT2D eigenvalue weighted by Crippen LogP contribution is -2.62. The van der Waals surface area contributed by atoms with E-state index in [4.69, 9.17) is 4.98 Å². The van der Waals surface area contributed by atoms with Crippen LogP contribution in [0.2, 0.25) is 0 Å². The quantitative estimate of drug-likeness (QED) is 0.167. The number of hydrogen-bond acceptors (Lipinski definition) is 4. The van der Waals surface area contributed by atoms with E-state index < -0.39 is 17.0 Å². The van der Waals surface area contributed by atoms with Crippen LogP contribution in [0.15, 0.2) is 91.1 Å². The van der Waals surface area contributed by atoms with Gasteiger partial charge in [0.15, 0.2) is 0 Å². The van der Waals surface area contributed by atoms with Gasteiger partial charge in [0.05, 0.1) is 28.6 Å². The number of carbonyl (C=O) groups is 1. The van der Waals surface area contributed by atoms with Crippen molar-refractivity contribution in [2.45, 2.75) is 39.7 Å². The van der Waals surface area contributed by atoms with Gasteiger partial charge in [-0.1, -0.05) is 87.5 Å². The summed E-state index contributed by atoms with van der Waals surface area (Å²) in [5, 5.41) is 24.8. The number of rotatable bonds is 8. The Bertz CT molecular complexity index is 1620. The van der Waals surface area contributed by atoms with Crippen molar-refractivity contribution in [2.24, 2.45) is 5.41 Å². The SMILES string of the molecule is Cc1[nH]nc2ccc(-c3cc(NC[C@@](Cc4ccccc4)(NC(=O)O)C(C)(C)C)cnc3-c3ccccc3)cc12. The summed E-state index contributed by atoms with van der Waals surface area (Å²) in [7, 11) is 0. The number of aromatic nitrogens is 3. The minimum Gasteiger partial charge on any atom is -0.465 e. The number of nitrogens with zero attached hydrogens (tertiary/aromatic N) is 2. The summed E-state index contributed by atoms with van der Waals surface area (Å²) in [5.74, 6) is 0. The smallest absolute Gasteiger partial charge is 0.405 e. The molecule has 1 atom stereocenters. The number of aryl methyl sites for hydroxylation is 1. The van der Waals surface area contributed by atoms with Crippen LogP contribution in [-0.2, 0) is 6.42 Å². The summed E-state index contributed by atoms with van der Waals surface area (Å²) in [6.07, 6.45) is 1.31. The second kappa shape index (κ2) is 10.8. The van der Waals surface area contributed by atoms with Crippen LogP contribution >= 0.6 is 0 Å². The molecular formula is C33H35N5O2. The Morgan fingerprint density at radius 1 is 0.925 bits per heavy atom. The minimum absolute atomic E-state index is 0.378. The van der Waals surface area contributed by atoms with E-state index in [2.05, 4.69) is 71.9 Å². The van der Waals surface area contributed by atoms with E-state index >= 15 is 0 Å². The van der Waals surface area contributed by atoms with Crippen molar-refractivity contribution < 1.29 is 9.90 Å². The van der Waals surface area contributed by atoms with E-state index in [1.165, 1.54) is 0 Å². The highest BCUT2D eigenvalue weighted by molar-refractivity contribution is 5.90. The summed E-state index contributed by atoms with van der Waals surface area (Å²) in [6, 6.07) is 28.4. The zero-order chi connectivity index (χ0) is 28.3. The molecule has 0 saturated carbocycles. The average Bonchev–Trinajstić information content (AvgIpc) is 3.31. The number of amides is 1. The molecule has 0 unspecified atom stereocenters. The predicted molar refractivity (Wildman–Crippen MR) is 161 cm³/mol. The standard InChI is InChI=1S/C33H35N5O2/c1-22-27-17-25(15-16-29(27)38-37-22)28-18-26(20-34-30(28)24-13-9-6-10-14-24)35-21-33(32(2,3)4,36-31(39)40)19-23-11-7-5-8-12-23/h5-18,20,35-36H,19,21H2,1-4H3,(H,37,38)(H,39,40)/t33-/m1/s1. The molecule has 0 saturated heterocycles. The zero-order valence-electron chi connectivity index (χ0n) is 23.3. The molecule has 40 heavy (non-hydrogen) atoms. The topological polar surface area (TPSA) is 103 Å². The van der Waals surface area contributed by atoms with Gasteiger partial charge in [-0.15, -0.1) is 0 Å². The second-order valence-electron chi connectivity index (χ2n) is 11.3. The first-order valence-corrected chi connectivity index (χ1v) is 13.4. The summed E-state index contributed by atoms with van der Waals surface area (Å²) < 4.78 is 0.